The van der Waals surface area contributed by atoms with Crippen LogP contribution in [-0.4, -0.2) is 23.6 Å². The minimum atomic E-state index is -0.421. The average Bonchev–Trinajstić information content (AvgIpc) is 3.03. The average molecular weight is 371 g/mol. The molecule has 3 rings (SSSR count). The standard InChI is InChI=1S/C19H21N3O3S/c1-2-11-20-18(23)17-14-8-4-6-10-16(14)26-19(17)21-12-13-7-3-5-9-15(13)22(24)25/h3,5,7,9,12H,2,4,6,8,10-11H2,1H3,(H,20,23)/b21-12+. The van der Waals surface area contributed by atoms with Gasteiger partial charge in [-0.2, -0.15) is 0 Å². The van der Waals surface area contributed by atoms with E-state index in [9.17, 15) is 14.9 Å². The molecule has 0 aliphatic heterocycles. The molecule has 0 atom stereocenters. The van der Waals surface area contributed by atoms with E-state index >= 15 is 0 Å². The minimum Gasteiger partial charge on any atom is -0.352 e. The van der Waals surface area contributed by atoms with Gasteiger partial charge in [0.2, 0.25) is 0 Å². The van der Waals surface area contributed by atoms with Gasteiger partial charge in [-0.15, -0.1) is 11.3 Å². The number of nitro benzene ring substituents is 1. The van der Waals surface area contributed by atoms with Crippen molar-refractivity contribution in [2.75, 3.05) is 6.54 Å². The van der Waals surface area contributed by atoms with Crippen LogP contribution in [0.25, 0.3) is 0 Å². The van der Waals surface area contributed by atoms with Crippen LogP contribution in [0.1, 0.15) is 52.5 Å². The van der Waals surface area contributed by atoms with Gasteiger partial charge in [0.05, 0.1) is 16.1 Å². The number of rotatable bonds is 6. The summed E-state index contributed by atoms with van der Waals surface area (Å²) in [6.07, 6.45) is 6.41. The number of nitro groups is 1. The maximum atomic E-state index is 12.7. The van der Waals surface area contributed by atoms with Gasteiger partial charge in [-0.25, -0.2) is 4.99 Å². The number of nitrogens with one attached hydrogen (secondary N) is 1. The third kappa shape index (κ3) is 3.83. The summed E-state index contributed by atoms with van der Waals surface area (Å²) in [5, 5.41) is 14.7. The molecule has 0 unspecified atom stereocenters. The van der Waals surface area contributed by atoms with Crippen molar-refractivity contribution in [2.24, 2.45) is 4.99 Å². The fourth-order valence-electron chi connectivity index (χ4n) is 3.09. The van der Waals surface area contributed by atoms with Crippen molar-refractivity contribution in [1.29, 1.82) is 0 Å². The van der Waals surface area contributed by atoms with Crippen LogP contribution in [0.15, 0.2) is 29.3 Å². The lowest BCUT2D eigenvalue weighted by atomic mass is 9.95. The largest absolute Gasteiger partial charge is 0.352 e. The van der Waals surface area contributed by atoms with E-state index in [1.165, 1.54) is 28.5 Å². The van der Waals surface area contributed by atoms with Crippen LogP contribution >= 0.6 is 11.3 Å². The Balaban J connectivity index is 1.98. The normalized spacial score (nSPS) is 13.6. The Morgan fingerprint density at radius 3 is 2.88 bits per heavy atom. The van der Waals surface area contributed by atoms with Gasteiger partial charge in [0, 0.05) is 23.7 Å². The van der Waals surface area contributed by atoms with Crippen molar-refractivity contribution in [3.63, 3.8) is 0 Å². The molecule has 1 amide bonds. The molecule has 0 radical (unpaired) electrons. The molecule has 6 nitrogen and oxygen atoms in total. The van der Waals surface area contributed by atoms with Crippen molar-refractivity contribution < 1.29 is 9.72 Å². The van der Waals surface area contributed by atoms with Gasteiger partial charge in [0.25, 0.3) is 11.6 Å². The maximum absolute atomic E-state index is 12.7. The number of hydrogen-bond donors (Lipinski definition) is 1. The smallest absolute Gasteiger partial charge is 0.278 e. The Kier molecular flexibility index (Phi) is 5.78. The highest BCUT2D eigenvalue weighted by Crippen LogP contribution is 2.40. The lowest BCUT2D eigenvalue weighted by Gasteiger charge is -2.12. The molecule has 7 heteroatoms. The Morgan fingerprint density at radius 1 is 1.35 bits per heavy atom. The molecule has 1 aromatic carbocycles. The van der Waals surface area contributed by atoms with Crippen LogP contribution in [0.3, 0.4) is 0 Å². The molecule has 136 valence electrons. The molecule has 1 aliphatic rings. The van der Waals surface area contributed by atoms with E-state index in [2.05, 4.69) is 10.3 Å². The van der Waals surface area contributed by atoms with Gasteiger partial charge in [0.15, 0.2) is 0 Å². The van der Waals surface area contributed by atoms with Crippen LogP contribution in [0.2, 0.25) is 0 Å². The van der Waals surface area contributed by atoms with Crippen molar-refractivity contribution in [3.8, 4) is 0 Å². The highest BCUT2D eigenvalue weighted by Gasteiger charge is 2.25. The Bertz CT molecular complexity index is 858. The van der Waals surface area contributed by atoms with Gasteiger partial charge in [-0.1, -0.05) is 19.1 Å². The maximum Gasteiger partial charge on any atom is 0.278 e. The summed E-state index contributed by atoms with van der Waals surface area (Å²) in [5.41, 5.74) is 2.19. The first-order chi connectivity index (χ1) is 12.6. The molecule has 1 heterocycles. The topological polar surface area (TPSA) is 84.6 Å². The quantitative estimate of drug-likeness (QED) is 0.463. The molecular formula is C19H21N3O3S. The number of aliphatic imine (C=N–C) groups is 1. The number of amides is 1. The molecule has 26 heavy (non-hydrogen) atoms. The number of carbonyl (C=O) groups is 1. The van der Waals surface area contributed by atoms with E-state index in [0.29, 0.717) is 22.7 Å². The second-order valence-corrected chi connectivity index (χ2v) is 7.30. The van der Waals surface area contributed by atoms with Crippen LogP contribution in [0.5, 0.6) is 0 Å². The summed E-state index contributed by atoms with van der Waals surface area (Å²) < 4.78 is 0. The summed E-state index contributed by atoms with van der Waals surface area (Å²) in [6.45, 7) is 2.63. The first kappa shape index (κ1) is 18.3. The number of benzene rings is 1. The highest BCUT2D eigenvalue weighted by molar-refractivity contribution is 7.16. The van der Waals surface area contributed by atoms with E-state index in [-0.39, 0.29) is 11.6 Å². The van der Waals surface area contributed by atoms with Crippen LogP contribution in [0, 0.1) is 10.1 Å². The Labute approximate surface area is 156 Å². The number of carbonyl (C=O) groups excluding carboxylic acids is 1. The third-order valence-corrected chi connectivity index (χ3v) is 5.57. The zero-order valence-corrected chi connectivity index (χ0v) is 15.5. The summed E-state index contributed by atoms with van der Waals surface area (Å²) in [6, 6.07) is 6.48. The Hall–Kier alpha value is -2.54. The first-order valence-corrected chi connectivity index (χ1v) is 9.63. The lowest BCUT2D eigenvalue weighted by molar-refractivity contribution is -0.385. The fourth-order valence-corrected chi connectivity index (χ4v) is 4.33. The van der Waals surface area contributed by atoms with Crippen LogP contribution in [0.4, 0.5) is 10.7 Å². The second kappa shape index (κ2) is 8.23. The number of para-hydroxylation sites is 1. The molecule has 0 fully saturated rings. The number of aryl methyl sites for hydroxylation is 1. The summed E-state index contributed by atoms with van der Waals surface area (Å²) in [5.74, 6) is -0.0963. The molecular weight excluding hydrogens is 350 g/mol. The van der Waals surface area contributed by atoms with E-state index in [1.54, 1.807) is 18.2 Å². The number of nitrogens with zero attached hydrogens (tertiary/aromatic N) is 2. The van der Waals surface area contributed by atoms with Crippen molar-refractivity contribution in [1.82, 2.24) is 5.32 Å². The monoisotopic (exact) mass is 371 g/mol. The Morgan fingerprint density at radius 2 is 2.12 bits per heavy atom. The second-order valence-electron chi connectivity index (χ2n) is 6.22. The minimum absolute atomic E-state index is 0.00885. The zero-order valence-electron chi connectivity index (χ0n) is 14.7. The molecule has 1 N–H and O–H groups in total. The van der Waals surface area contributed by atoms with Gasteiger partial charge in [0.1, 0.15) is 5.00 Å². The van der Waals surface area contributed by atoms with Crippen molar-refractivity contribution >= 4 is 34.1 Å². The zero-order chi connectivity index (χ0) is 18.5. The first-order valence-electron chi connectivity index (χ1n) is 8.82. The van der Waals surface area contributed by atoms with Crippen molar-refractivity contribution in [3.05, 3.63) is 55.9 Å². The fraction of sp³-hybridized carbons (Fsp3) is 0.368. The van der Waals surface area contributed by atoms with E-state index in [1.807, 2.05) is 6.92 Å². The van der Waals surface area contributed by atoms with Gasteiger partial charge < -0.3 is 5.32 Å². The van der Waals surface area contributed by atoms with E-state index in [0.717, 1.165) is 37.7 Å². The molecule has 0 saturated heterocycles. The predicted octanol–water partition coefficient (Wildman–Crippen LogP) is 4.43. The number of thiophene rings is 1. The van der Waals surface area contributed by atoms with Gasteiger partial charge in [-0.05, 0) is 43.7 Å². The van der Waals surface area contributed by atoms with Crippen molar-refractivity contribution in [2.45, 2.75) is 39.0 Å². The van der Waals surface area contributed by atoms with Gasteiger partial charge in [-0.3, -0.25) is 14.9 Å². The molecule has 1 aliphatic carbocycles. The van der Waals surface area contributed by atoms with Gasteiger partial charge >= 0.3 is 0 Å². The highest BCUT2D eigenvalue weighted by atomic mass is 32.1. The summed E-state index contributed by atoms with van der Waals surface area (Å²) >= 11 is 1.53. The SMILES string of the molecule is CCCNC(=O)c1c(/N=C/c2ccccc2[N+](=O)[O-])sc2c1CCCC2. The number of hydrogen-bond acceptors (Lipinski definition) is 5. The molecule has 0 saturated carbocycles. The van der Waals surface area contributed by atoms with E-state index < -0.39 is 4.92 Å². The predicted molar refractivity (Wildman–Crippen MR) is 104 cm³/mol. The summed E-state index contributed by atoms with van der Waals surface area (Å²) in [7, 11) is 0. The summed E-state index contributed by atoms with van der Waals surface area (Å²) in [4.78, 5) is 29.1. The van der Waals surface area contributed by atoms with Crippen LogP contribution < -0.4 is 5.32 Å². The molecule has 2 aromatic rings. The van der Waals surface area contributed by atoms with E-state index in [4.69, 9.17) is 0 Å². The van der Waals surface area contributed by atoms with Crippen LogP contribution in [-0.2, 0) is 12.8 Å². The number of fused-ring (bicyclic) bond motifs is 1. The third-order valence-electron chi connectivity index (χ3n) is 4.37. The molecule has 0 spiro atoms. The lowest BCUT2D eigenvalue weighted by Crippen LogP contribution is -2.25. The molecule has 1 aromatic heterocycles. The molecule has 0 bridgehead atoms.